The molecule has 192 valence electrons. The van der Waals surface area contributed by atoms with Gasteiger partial charge in [-0.25, -0.2) is 0 Å². The summed E-state index contributed by atoms with van der Waals surface area (Å²) in [6.07, 6.45) is 13.9. The molecule has 5 nitrogen and oxygen atoms in total. The fourth-order valence-corrected chi connectivity index (χ4v) is 6.39. The summed E-state index contributed by atoms with van der Waals surface area (Å²) in [5, 5.41) is 9.50. The predicted octanol–water partition coefficient (Wildman–Crippen LogP) is 6.57. The zero-order valence-corrected chi connectivity index (χ0v) is 22.4. The van der Waals surface area contributed by atoms with Crippen molar-refractivity contribution in [1.29, 1.82) is 0 Å². The van der Waals surface area contributed by atoms with E-state index in [0.717, 1.165) is 56.3 Å². The Labute approximate surface area is 213 Å². The van der Waals surface area contributed by atoms with Crippen molar-refractivity contribution in [3.8, 4) is 0 Å². The van der Waals surface area contributed by atoms with E-state index in [4.69, 9.17) is 5.10 Å². The molecule has 2 fully saturated rings. The molecule has 0 amide bonds. The first kappa shape index (κ1) is 25.8. The number of nitrogens with one attached hydrogen (secondary N) is 1. The Morgan fingerprint density at radius 1 is 1.14 bits per heavy atom. The zero-order chi connectivity index (χ0) is 24.8. The molecule has 1 N–H and O–H groups in total. The molecule has 0 radical (unpaired) electrons. The SMILES string of the molecule is C=CNC(=C)C(CCC)c1nn(C)c2c(N3CCN(C(C)CCC4CCCCC4)CC3)cccc12. The van der Waals surface area contributed by atoms with Crippen LogP contribution < -0.4 is 10.2 Å². The van der Waals surface area contributed by atoms with Crippen molar-refractivity contribution in [2.24, 2.45) is 13.0 Å². The highest BCUT2D eigenvalue weighted by atomic mass is 15.3. The zero-order valence-electron chi connectivity index (χ0n) is 22.4. The molecule has 35 heavy (non-hydrogen) atoms. The second-order valence-electron chi connectivity index (χ2n) is 10.9. The Bertz CT molecular complexity index is 978. The van der Waals surface area contributed by atoms with Crippen LogP contribution in [0.5, 0.6) is 0 Å². The lowest BCUT2D eigenvalue weighted by Crippen LogP contribution is -2.49. The molecular formula is C30H47N5. The third-order valence-corrected chi connectivity index (χ3v) is 8.48. The maximum Gasteiger partial charge on any atom is 0.0915 e. The number of benzene rings is 1. The van der Waals surface area contributed by atoms with Crippen molar-refractivity contribution in [2.75, 3.05) is 31.1 Å². The van der Waals surface area contributed by atoms with Gasteiger partial charge >= 0.3 is 0 Å². The summed E-state index contributed by atoms with van der Waals surface area (Å²) in [7, 11) is 2.09. The average Bonchev–Trinajstić information content (AvgIpc) is 3.23. The summed E-state index contributed by atoms with van der Waals surface area (Å²) in [5.41, 5.74) is 4.66. The van der Waals surface area contributed by atoms with Crippen LogP contribution in [0.1, 0.15) is 83.2 Å². The molecule has 2 heterocycles. The number of hydrogen-bond donors (Lipinski definition) is 1. The van der Waals surface area contributed by atoms with Crippen molar-refractivity contribution >= 4 is 16.6 Å². The van der Waals surface area contributed by atoms with Crippen LogP contribution in [0.25, 0.3) is 10.9 Å². The first-order chi connectivity index (χ1) is 17.0. The van der Waals surface area contributed by atoms with Gasteiger partial charge in [0.2, 0.25) is 0 Å². The van der Waals surface area contributed by atoms with Crippen LogP contribution in [0.3, 0.4) is 0 Å². The number of nitrogens with zero attached hydrogens (tertiary/aromatic N) is 4. The molecule has 1 aliphatic carbocycles. The number of aromatic nitrogens is 2. The quantitative estimate of drug-likeness (QED) is 0.397. The molecule has 2 aromatic rings. The molecular weight excluding hydrogens is 430 g/mol. The lowest BCUT2D eigenvalue weighted by atomic mass is 9.85. The molecule has 1 saturated carbocycles. The summed E-state index contributed by atoms with van der Waals surface area (Å²) in [6.45, 7) is 17.2. The first-order valence-electron chi connectivity index (χ1n) is 14.0. The van der Waals surface area contributed by atoms with Gasteiger partial charge in [-0.15, -0.1) is 0 Å². The molecule has 1 aromatic carbocycles. The van der Waals surface area contributed by atoms with Gasteiger partial charge in [-0.3, -0.25) is 9.58 Å². The van der Waals surface area contributed by atoms with Crippen LogP contribution in [0, 0.1) is 5.92 Å². The molecule has 1 aromatic heterocycles. The lowest BCUT2D eigenvalue weighted by Gasteiger charge is -2.39. The minimum absolute atomic E-state index is 0.179. The van der Waals surface area contributed by atoms with E-state index < -0.39 is 0 Å². The van der Waals surface area contributed by atoms with Gasteiger partial charge in [0.1, 0.15) is 0 Å². The maximum absolute atomic E-state index is 5.02. The Hall–Kier alpha value is -2.27. The van der Waals surface area contributed by atoms with Gasteiger partial charge in [-0.1, -0.05) is 70.7 Å². The predicted molar refractivity (Wildman–Crippen MR) is 150 cm³/mol. The van der Waals surface area contributed by atoms with E-state index in [1.54, 1.807) is 6.20 Å². The number of rotatable bonds is 11. The van der Waals surface area contributed by atoms with E-state index in [2.05, 4.69) is 72.1 Å². The Morgan fingerprint density at radius 2 is 1.89 bits per heavy atom. The first-order valence-corrected chi connectivity index (χ1v) is 14.0. The topological polar surface area (TPSA) is 36.3 Å². The van der Waals surface area contributed by atoms with Crippen LogP contribution in [0.4, 0.5) is 5.69 Å². The molecule has 0 spiro atoms. The van der Waals surface area contributed by atoms with Crippen molar-refractivity contribution in [2.45, 2.75) is 83.6 Å². The van der Waals surface area contributed by atoms with Gasteiger partial charge in [-0.2, -0.15) is 5.10 Å². The molecule has 0 bridgehead atoms. The fourth-order valence-electron chi connectivity index (χ4n) is 6.39. The number of hydrogen-bond acceptors (Lipinski definition) is 4. The number of piperazine rings is 1. The number of aryl methyl sites for hydroxylation is 1. The van der Waals surface area contributed by atoms with Gasteiger partial charge in [0.15, 0.2) is 0 Å². The molecule has 5 heteroatoms. The van der Waals surface area contributed by atoms with E-state index in [1.165, 1.54) is 61.5 Å². The third-order valence-electron chi connectivity index (χ3n) is 8.48. The third kappa shape index (κ3) is 5.94. The Balaban J connectivity index is 1.45. The van der Waals surface area contributed by atoms with Crippen LogP contribution in [0.15, 0.2) is 43.3 Å². The normalized spacial score (nSPS) is 19.6. The largest absolute Gasteiger partial charge is 0.367 e. The summed E-state index contributed by atoms with van der Waals surface area (Å²) < 4.78 is 2.09. The van der Waals surface area contributed by atoms with Gasteiger partial charge in [0.05, 0.1) is 16.9 Å². The maximum atomic E-state index is 5.02. The summed E-state index contributed by atoms with van der Waals surface area (Å²) >= 11 is 0. The molecule has 1 aliphatic heterocycles. The monoisotopic (exact) mass is 477 g/mol. The minimum Gasteiger partial charge on any atom is -0.367 e. The molecule has 1 saturated heterocycles. The number of anilines is 1. The van der Waals surface area contributed by atoms with Crippen molar-refractivity contribution in [1.82, 2.24) is 20.0 Å². The van der Waals surface area contributed by atoms with E-state index in [1.807, 2.05) is 0 Å². The summed E-state index contributed by atoms with van der Waals surface area (Å²) in [5.74, 6) is 1.16. The number of fused-ring (bicyclic) bond motifs is 1. The van der Waals surface area contributed by atoms with Crippen molar-refractivity contribution < 1.29 is 0 Å². The van der Waals surface area contributed by atoms with Gasteiger partial charge in [0, 0.05) is 56.3 Å². The van der Waals surface area contributed by atoms with E-state index in [-0.39, 0.29) is 5.92 Å². The molecule has 2 unspecified atom stereocenters. The second-order valence-corrected chi connectivity index (χ2v) is 10.9. The molecule has 2 atom stereocenters. The number of para-hydroxylation sites is 1. The van der Waals surface area contributed by atoms with Crippen molar-refractivity contribution in [3.63, 3.8) is 0 Å². The van der Waals surface area contributed by atoms with Gasteiger partial charge in [0.25, 0.3) is 0 Å². The van der Waals surface area contributed by atoms with Crippen LogP contribution in [-0.4, -0.2) is 46.9 Å². The second kappa shape index (κ2) is 12.1. The van der Waals surface area contributed by atoms with Crippen LogP contribution >= 0.6 is 0 Å². The highest BCUT2D eigenvalue weighted by Crippen LogP contribution is 2.36. The van der Waals surface area contributed by atoms with E-state index in [9.17, 15) is 0 Å². The lowest BCUT2D eigenvalue weighted by molar-refractivity contribution is 0.175. The Morgan fingerprint density at radius 3 is 2.57 bits per heavy atom. The Kier molecular flexibility index (Phi) is 8.94. The van der Waals surface area contributed by atoms with Gasteiger partial charge < -0.3 is 10.2 Å². The molecule has 4 rings (SSSR count). The smallest absolute Gasteiger partial charge is 0.0915 e. The highest BCUT2D eigenvalue weighted by molar-refractivity contribution is 5.93. The summed E-state index contributed by atoms with van der Waals surface area (Å²) in [6, 6.07) is 7.40. The van der Waals surface area contributed by atoms with Crippen LogP contribution in [-0.2, 0) is 7.05 Å². The van der Waals surface area contributed by atoms with E-state index >= 15 is 0 Å². The fraction of sp³-hybridized carbons (Fsp3) is 0.633. The average molecular weight is 478 g/mol. The van der Waals surface area contributed by atoms with Crippen molar-refractivity contribution in [3.05, 3.63) is 48.9 Å². The highest BCUT2D eigenvalue weighted by Gasteiger charge is 2.26. The minimum atomic E-state index is 0.179. The van der Waals surface area contributed by atoms with E-state index in [0.29, 0.717) is 6.04 Å². The number of allylic oxidation sites excluding steroid dienone is 1. The molecule has 2 aliphatic rings. The van der Waals surface area contributed by atoms with Crippen LogP contribution in [0.2, 0.25) is 0 Å². The standard InChI is InChI=1S/C30H47N5/c1-6-12-26(24(4)31-7-2)29-27-15-11-16-28(30(27)33(5)32-29)35-21-19-34(20-22-35)23(3)17-18-25-13-9-8-10-14-25/h7,11,15-16,23,25-26,31H,2,4,6,8-10,12-14,17-22H2,1,3,5H3. The van der Waals surface area contributed by atoms with Gasteiger partial charge in [-0.05, 0) is 44.4 Å². The summed E-state index contributed by atoms with van der Waals surface area (Å²) in [4.78, 5) is 5.29.